The Morgan fingerprint density at radius 2 is 1.79 bits per heavy atom. The summed E-state index contributed by atoms with van der Waals surface area (Å²) in [5, 5.41) is 0. The normalized spacial score (nSPS) is 22.4. The largest absolute Gasteiger partial charge is 0.612 e. The Balaban J connectivity index is 2.49. The predicted octanol–water partition coefficient (Wildman–Crippen LogP) is 1.22. The first-order valence-corrected chi connectivity index (χ1v) is 9.12. The quantitative estimate of drug-likeness (QED) is 0.788. The summed E-state index contributed by atoms with van der Waals surface area (Å²) in [6.45, 7) is 1.46. The third-order valence-electron chi connectivity index (χ3n) is 3.17. The van der Waals surface area contributed by atoms with Crippen molar-refractivity contribution in [3.63, 3.8) is 0 Å². The van der Waals surface area contributed by atoms with Crippen molar-refractivity contribution in [3.05, 3.63) is 23.8 Å². The summed E-state index contributed by atoms with van der Waals surface area (Å²) in [6, 6.07) is 5.55. The Morgan fingerprint density at radius 1 is 1.21 bits per heavy atom. The van der Waals surface area contributed by atoms with E-state index in [9.17, 15) is 9.11 Å². The van der Waals surface area contributed by atoms with Crippen LogP contribution in [0.2, 0.25) is 0 Å². The van der Waals surface area contributed by atoms with E-state index in [0.717, 1.165) is 21.9 Å². The molecule has 6 heteroatoms. The lowest BCUT2D eigenvalue weighted by atomic mass is 9.97. The van der Waals surface area contributed by atoms with Crippen LogP contribution in [0.25, 0.3) is 0 Å². The molecule has 0 N–H and O–H groups in total. The Bertz CT molecular complexity index is 451. The number of hydrogen-bond donors (Lipinski definition) is 0. The standard InChI is InChI=1S/C13H18N2O2S2/c1-15-8-10(7-14-9-15)13-11(18(2)16)5-4-6-12(13)19(3)17/h4-6,9-10H,7-8H2,1-3H3. The van der Waals surface area contributed by atoms with E-state index in [1.165, 1.54) is 0 Å². The molecule has 19 heavy (non-hydrogen) atoms. The fraction of sp³-hybridized carbons (Fsp3) is 0.462. The summed E-state index contributed by atoms with van der Waals surface area (Å²) in [5.41, 5.74) is 0.952. The molecule has 0 amide bonds. The highest BCUT2D eigenvalue weighted by molar-refractivity contribution is 7.91. The summed E-state index contributed by atoms with van der Waals surface area (Å²) in [6.07, 6.45) is 5.14. The number of aliphatic imine (C=N–C) groups is 1. The van der Waals surface area contributed by atoms with E-state index in [1.807, 2.05) is 36.5 Å². The lowest BCUT2D eigenvalue weighted by Gasteiger charge is -2.27. The highest BCUT2D eigenvalue weighted by atomic mass is 32.2. The van der Waals surface area contributed by atoms with Gasteiger partial charge in [-0.05, 0) is 34.5 Å². The lowest BCUT2D eigenvalue weighted by Crippen LogP contribution is -2.31. The van der Waals surface area contributed by atoms with Gasteiger partial charge in [0.1, 0.15) is 12.5 Å². The van der Waals surface area contributed by atoms with Crippen LogP contribution in [0.4, 0.5) is 0 Å². The Morgan fingerprint density at radius 3 is 2.26 bits per heavy atom. The summed E-state index contributed by atoms with van der Waals surface area (Å²) in [7, 11) is 1.96. The van der Waals surface area contributed by atoms with Crippen LogP contribution in [-0.2, 0) is 22.4 Å². The highest BCUT2D eigenvalue weighted by Gasteiger charge is 2.29. The van der Waals surface area contributed by atoms with Gasteiger partial charge in [-0.15, -0.1) is 0 Å². The van der Waals surface area contributed by atoms with Crippen molar-refractivity contribution >= 4 is 28.7 Å². The number of likely N-dealkylation sites (N-methyl/N-ethyl adjacent to an activating group) is 1. The molecule has 1 aliphatic rings. The Labute approximate surface area is 120 Å². The zero-order valence-electron chi connectivity index (χ0n) is 11.3. The number of rotatable bonds is 3. The maximum Gasteiger partial charge on any atom is 0.161 e. The van der Waals surface area contributed by atoms with Gasteiger partial charge < -0.3 is 14.0 Å². The fourth-order valence-corrected chi connectivity index (χ4v) is 4.15. The van der Waals surface area contributed by atoms with E-state index >= 15 is 0 Å². The second-order valence-corrected chi connectivity index (χ2v) is 7.39. The van der Waals surface area contributed by atoms with Gasteiger partial charge in [-0.1, -0.05) is 6.07 Å². The summed E-state index contributed by atoms with van der Waals surface area (Å²) in [5.74, 6) is 0.147. The van der Waals surface area contributed by atoms with Crippen molar-refractivity contribution in [1.29, 1.82) is 0 Å². The number of benzene rings is 1. The first-order valence-electron chi connectivity index (χ1n) is 6.00. The van der Waals surface area contributed by atoms with Crippen LogP contribution >= 0.6 is 0 Å². The SMILES string of the molecule is CN1C=NCC(c2c([S+](C)[O-])cccc2[S+](C)[O-])C1. The smallest absolute Gasteiger partial charge is 0.161 e. The molecule has 1 heterocycles. The predicted molar refractivity (Wildman–Crippen MR) is 79.8 cm³/mol. The highest BCUT2D eigenvalue weighted by Crippen LogP contribution is 2.32. The van der Waals surface area contributed by atoms with Crippen LogP contribution in [0.1, 0.15) is 11.5 Å². The molecule has 0 saturated heterocycles. The molecule has 0 spiro atoms. The molecule has 0 saturated carbocycles. The van der Waals surface area contributed by atoms with Crippen molar-refractivity contribution < 1.29 is 9.11 Å². The van der Waals surface area contributed by atoms with E-state index in [1.54, 1.807) is 12.5 Å². The van der Waals surface area contributed by atoms with Gasteiger partial charge in [-0.3, -0.25) is 4.99 Å². The van der Waals surface area contributed by atoms with Crippen molar-refractivity contribution in [2.24, 2.45) is 4.99 Å². The second kappa shape index (κ2) is 6.17. The third-order valence-corrected chi connectivity index (χ3v) is 5.12. The number of nitrogens with zero attached hydrogens (tertiary/aromatic N) is 2. The molecule has 0 bridgehead atoms. The van der Waals surface area contributed by atoms with Gasteiger partial charge in [0.25, 0.3) is 0 Å². The first-order chi connectivity index (χ1) is 9.00. The minimum Gasteiger partial charge on any atom is -0.612 e. The molecule has 1 aromatic carbocycles. The van der Waals surface area contributed by atoms with Crippen LogP contribution in [-0.4, -0.2) is 53.0 Å². The van der Waals surface area contributed by atoms with Crippen molar-refractivity contribution in [1.82, 2.24) is 4.90 Å². The van der Waals surface area contributed by atoms with Gasteiger partial charge in [0.2, 0.25) is 0 Å². The van der Waals surface area contributed by atoms with Gasteiger partial charge in [-0.2, -0.15) is 0 Å². The molecule has 2 rings (SSSR count). The minimum absolute atomic E-state index is 0.147. The average molecular weight is 298 g/mol. The molecule has 0 radical (unpaired) electrons. The maximum absolute atomic E-state index is 11.9. The minimum atomic E-state index is -1.09. The molecule has 0 aromatic heterocycles. The number of hydrogen-bond acceptors (Lipinski definition) is 4. The van der Waals surface area contributed by atoms with E-state index in [4.69, 9.17) is 0 Å². The van der Waals surface area contributed by atoms with Crippen LogP contribution in [0.15, 0.2) is 33.0 Å². The van der Waals surface area contributed by atoms with Crippen molar-refractivity contribution in [2.45, 2.75) is 15.7 Å². The molecule has 3 unspecified atom stereocenters. The topological polar surface area (TPSA) is 61.7 Å². The summed E-state index contributed by atoms with van der Waals surface area (Å²) >= 11 is -2.17. The molecule has 0 fully saturated rings. The molecule has 3 atom stereocenters. The van der Waals surface area contributed by atoms with Gasteiger partial charge in [0.15, 0.2) is 9.79 Å². The van der Waals surface area contributed by atoms with Gasteiger partial charge in [-0.25, -0.2) is 0 Å². The summed E-state index contributed by atoms with van der Waals surface area (Å²) < 4.78 is 23.9. The zero-order chi connectivity index (χ0) is 14.0. The third kappa shape index (κ3) is 3.25. The fourth-order valence-electron chi connectivity index (χ4n) is 2.38. The van der Waals surface area contributed by atoms with Gasteiger partial charge >= 0.3 is 0 Å². The monoisotopic (exact) mass is 298 g/mol. The molecule has 104 valence electrons. The van der Waals surface area contributed by atoms with Crippen LogP contribution in [0.5, 0.6) is 0 Å². The van der Waals surface area contributed by atoms with Crippen LogP contribution in [0.3, 0.4) is 0 Å². The van der Waals surface area contributed by atoms with Crippen LogP contribution in [0, 0.1) is 0 Å². The average Bonchev–Trinajstić information content (AvgIpc) is 2.37. The van der Waals surface area contributed by atoms with Gasteiger partial charge in [0.05, 0.1) is 11.9 Å². The van der Waals surface area contributed by atoms with Gasteiger partial charge in [0, 0.05) is 26.1 Å². The van der Waals surface area contributed by atoms with E-state index in [0.29, 0.717) is 6.54 Å². The summed E-state index contributed by atoms with van der Waals surface area (Å²) in [4.78, 5) is 7.89. The second-order valence-electron chi connectivity index (χ2n) is 4.69. The zero-order valence-corrected chi connectivity index (χ0v) is 13.0. The molecule has 1 aromatic rings. The van der Waals surface area contributed by atoms with E-state index < -0.39 is 22.4 Å². The molecule has 0 aliphatic carbocycles. The van der Waals surface area contributed by atoms with E-state index in [2.05, 4.69) is 4.99 Å². The molecular weight excluding hydrogens is 280 g/mol. The molecule has 1 aliphatic heterocycles. The molecule has 4 nitrogen and oxygen atoms in total. The van der Waals surface area contributed by atoms with Crippen molar-refractivity contribution in [3.8, 4) is 0 Å². The van der Waals surface area contributed by atoms with E-state index in [-0.39, 0.29) is 5.92 Å². The van der Waals surface area contributed by atoms with Crippen LogP contribution < -0.4 is 0 Å². The Hall–Kier alpha value is -0.690. The van der Waals surface area contributed by atoms with Crippen molar-refractivity contribution in [2.75, 3.05) is 32.6 Å². The Kier molecular flexibility index (Phi) is 4.78. The lowest BCUT2D eigenvalue weighted by molar-refractivity contribution is 0.432. The molecular formula is C13H18N2O2S2. The maximum atomic E-state index is 11.9. The first kappa shape index (κ1) is 14.7.